The van der Waals surface area contributed by atoms with Crippen LogP contribution >= 0.6 is 0 Å². The minimum atomic E-state index is -0.997. The molecular formula is C55H91NO14. The predicted octanol–water partition coefficient (Wildman–Crippen LogP) is 10.6. The number of esters is 6. The highest BCUT2D eigenvalue weighted by atomic mass is 16.6. The molecule has 4 saturated carbocycles. The van der Waals surface area contributed by atoms with Gasteiger partial charge in [-0.3, -0.25) is 28.8 Å². The molecule has 15 heteroatoms. The second kappa shape index (κ2) is 30.9. The number of ether oxygens (including phenoxy) is 7. The van der Waals surface area contributed by atoms with Crippen LogP contribution in [0, 0.1) is 47.3 Å². The minimum Gasteiger partial charge on any atom is -0.462 e. The van der Waals surface area contributed by atoms with E-state index in [9.17, 15) is 33.6 Å². The zero-order valence-electron chi connectivity index (χ0n) is 44.1. The molecule has 70 heavy (non-hydrogen) atoms. The molecule has 0 radical (unpaired) electrons. The Morgan fingerprint density at radius 1 is 0.414 bits per heavy atom. The normalized spacial score (nSPS) is 25.8. The molecule has 0 saturated heterocycles. The van der Waals surface area contributed by atoms with Gasteiger partial charge in [-0.2, -0.15) is 0 Å². The van der Waals surface area contributed by atoms with Crippen LogP contribution in [0.1, 0.15) is 203 Å². The lowest BCUT2D eigenvalue weighted by Gasteiger charge is -2.27. The highest BCUT2D eigenvalue weighted by Gasteiger charge is 2.29. The smallest absolute Gasteiger partial charge is 0.410 e. The molecule has 0 heterocycles. The Labute approximate surface area is 419 Å². The molecule has 0 aliphatic heterocycles. The maximum atomic E-state index is 13.4. The summed E-state index contributed by atoms with van der Waals surface area (Å²) in [4.78, 5) is 92.8. The molecule has 4 fully saturated rings. The summed E-state index contributed by atoms with van der Waals surface area (Å²) in [7, 11) is 0. The molecule has 0 N–H and O–H groups in total. The summed E-state index contributed by atoms with van der Waals surface area (Å²) in [6.07, 6.45) is 15.1. The summed E-state index contributed by atoms with van der Waals surface area (Å²) in [5, 5.41) is 0. The summed E-state index contributed by atoms with van der Waals surface area (Å²) < 4.78 is 39.5. The van der Waals surface area contributed by atoms with Crippen molar-refractivity contribution >= 4 is 41.9 Å². The van der Waals surface area contributed by atoms with Gasteiger partial charge in [0.2, 0.25) is 0 Å². The van der Waals surface area contributed by atoms with E-state index in [4.69, 9.17) is 33.2 Å². The quantitative estimate of drug-likeness (QED) is 0.0588. The number of rotatable bonds is 26. The van der Waals surface area contributed by atoms with Gasteiger partial charge in [0.15, 0.2) is 12.2 Å². The van der Waals surface area contributed by atoms with Crippen LogP contribution in [0.4, 0.5) is 4.79 Å². The zero-order chi connectivity index (χ0) is 51.1. The second-order valence-corrected chi connectivity index (χ2v) is 23.0. The molecule has 15 nitrogen and oxygen atoms in total. The fourth-order valence-corrected chi connectivity index (χ4v) is 10.2. The van der Waals surface area contributed by atoms with Crippen molar-refractivity contribution in [1.29, 1.82) is 0 Å². The fourth-order valence-electron chi connectivity index (χ4n) is 10.2. The maximum Gasteiger partial charge on any atom is 0.410 e. The van der Waals surface area contributed by atoms with Crippen LogP contribution < -0.4 is 0 Å². The van der Waals surface area contributed by atoms with Crippen molar-refractivity contribution in [2.24, 2.45) is 47.3 Å². The Morgan fingerprint density at radius 3 is 0.914 bits per heavy atom. The first-order chi connectivity index (χ1) is 33.3. The van der Waals surface area contributed by atoms with Crippen molar-refractivity contribution in [3.8, 4) is 0 Å². The van der Waals surface area contributed by atoms with Gasteiger partial charge in [0, 0.05) is 51.6 Å². The summed E-state index contributed by atoms with van der Waals surface area (Å²) >= 11 is 0. The molecule has 4 aliphatic carbocycles. The van der Waals surface area contributed by atoms with Crippen molar-refractivity contribution in [2.45, 2.75) is 220 Å². The lowest BCUT2D eigenvalue weighted by molar-refractivity contribution is -0.167. The maximum absolute atomic E-state index is 13.4. The number of hydrogen-bond donors (Lipinski definition) is 0. The third-order valence-electron chi connectivity index (χ3n) is 14.9. The average molecular weight is 990 g/mol. The van der Waals surface area contributed by atoms with E-state index in [0.717, 1.165) is 103 Å². The van der Waals surface area contributed by atoms with Gasteiger partial charge >= 0.3 is 41.9 Å². The van der Waals surface area contributed by atoms with Crippen molar-refractivity contribution in [3.05, 3.63) is 0 Å². The predicted molar refractivity (Wildman–Crippen MR) is 263 cm³/mol. The van der Waals surface area contributed by atoms with Gasteiger partial charge in [-0.05, 0) is 132 Å². The van der Waals surface area contributed by atoms with Gasteiger partial charge in [0.25, 0.3) is 0 Å². The number of amides is 1. The third kappa shape index (κ3) is 25.0. The third-order valence-corrected chi connectivity index (χ3v) is 14.9. The van der Waals surface area contributed by atoms with E-state index in [1.807, 2.05) is 0 Å². The minimum absolute atomic E-state index is 0.0981. The van der Waals surface area contributed by atoms with E-state index in [1.54, 1.807) is 20.8 Å². The number of carbonyl (C=O) groups excluding carboxylic acids is 7. The van der Waals surface area contributed by atoms with Crippen molar-refractivity contribution in [2.75, 3.05) is 39.5 Å². The Balaban J connectivity index is 1.28. The summed E-state index contributed by atoms with van der Waals surface area (Å²) in [6, 6.07) is 0. The number of nitrogens with zero attached hydrogens (tertiary/aromatic N) is 1. The number of hydrogen-bond acceptors (Lipinski definition) is 14. The Kier molecular flexibility index (Phi) is 25.9. The lowest BCUT2D eigenvalue weighted by atomic mass is 9.81. The summed E-state index contributed by atoms with van der Waals surface area (Å²) in [6.45, 7) is 13.3. The van der Waals surface area contributed by atoms with Gasteiger partial charge < -0.3 is 38.1 Å². The van der Waals surface area contributed by atoms with Crippen LogP contribution in [0.3, 0.4) is 0 Å². The van der Waals surface area contributed by atoms with Crippen LogP contribution in [0.2, 0.25) is 0 Å². The number of carbonyl (C=O) groups is 7. The largest absolute Gasteiger partial charge is 0.462 e. The van der Waals surface area contributed by atoms with Crippen LogP contribution in [-0.4, -0.2) is 104 Å². The van der Waals surface area contributed by atoms with Crippen molar-refractivity contribution < 1.29 is 66.7 Å². The highest BCUT2D eigenvalue weighted by molar-refractivity contribution is 5.73. The van der Waals surface area contributed by atoms with E-state index >= 15 is 0 Å². The zero-order valence-corrected chi connectivity index (χ0v) is 44.1. The Bertz CT molecular complexity index is 1430. The molecule has 0 bridgehead atoms. The van der Waals surface area contributed by atoms with Gasteiger partial charge in [-0.1, -0.05) is 79.1 Å². The van der Waals surface area contributed by atoms with E-state index in [1.165, 1.54) is 4.90 Å². The van der Waals surface area contributed by atoms with Crippen molar-refractivity contribution in [3.63, 3.8) is 0 Å². The molecule has 4 aliphatic rings. The van der Waals surface area contributed by atoms with Crippen LogP contribution in [0.25, 0.3) is 0 Å². The molecule has 0 atom stereocenters. The molecule has 4 rings (SSSR count). The molecular weight excluding hydrogens is 899 g/mol. The molecule has 0 aromatic rings. The van der Waals surface area contributed by atoms with Gasteiger partial charge in [-0.25, -0.2) is 4.79 Å². The average Bonchev–Trinajstić information content (AvgIpc) is 3.30. The molecule has 1 amide bonds. The molecule has 400 valence electrons. The SMILES string of the molecule is CC1CCC(CC(=O)OCC(COC(=O)CC2CCC(C)CC2)OC(=O)CCCN(CCCC(=O)OC(COC(=O)CC2CCC(C)CC2)COC(=O)CC2CCC(C)CC2)C(=O)OC(C)(C)C)CC1. The highest BCUT2D eigenvalue weighted by Crippen LogP contribution is 2.33. The summed E-state index contributed by atoms with van der Waals surface area (Å²) in [5.74, 6) is 0.897. The lowest BCUT2D eigenvalue weighted by Crippen LogP contribution is -2.38. The van der Waals surface area contributed by atoms with Gasteiger partial charge in [0.1, 0.15) is 32.0 Å². The van der Waals surface area contributed by atoms with Gasteiger partial charge in [0.05, 0.1) is 0 Å². The molecule has 0 aromatic carbocycles. The standard InChI is InChI=1S/C55H91NO14/c1-38-12-20-42(21-13-38)30-50(59)64-34-46(35-65-51(60)31-43-22-14-39(2)15-23-43)68-48(57)10-8-28-56(54(63)70-55(5,6)7)29-9-11-49(58)69-47(36-66-52(61)32-44-24-16-40(3)17-25-44)37-67-53(62)33-45-26-18-41(4)19-27-45/h38-47H,8-37H2,1-7H3. The van der Waals surface area contributed by atoms with Gasteiger partial charge in [-0.15, -0.1) is 0 Å². The first kappa shape index (κ1) is 58.7. The molecule has 0 unspecified atom stereocenters. The van der Waals surface area contributed by atoms with E-state index in [0.29, 0.717) is 23.7 Å². The molecule has 0 spiro atoms. The Hall–Kier alpha value is -3.91. The van der Waals surface area contributed by atoms with Crippen LogP contribution in [0.5, 0.6) is 0 Å². The van der Waals surface area contributed by atoms with E-state index < -0.39 is 35.8 Å². The molecule has 0 aromatic heterocycles. The topological polar surface area (TPSA) is 187 Å². The van der Waals surface area contributed by atoms with Crippen molar-refractivity contribution in [1.82, 2.24) is 4.90 Å². The Morgan fingerprint density at radius 2 is 0.671 bits per heavy atom. The van der Waals surface area contributed by atoms with E-state index in [2.05, 4.69) is 27.7 Å². The van der Waals surface area contributed by atoms with E-state index in [-0.39, 0.29) is 138 Å². The second-order valence-electron chi connectivity index (χ2n) is 23.0. The fraction of sp³-hybridized carbons (Fsp3) is 0.873. The monoisotopic (exact) mass is 990 g/mol. The van der Waals surface area contributed by atoms with Crippen LogP contribution in [0.15, 0.2) is 0 Å². The first-order valence-corrected chi connectivity index (χ1v) is 27.3. The van der Waals surface area contributed by atoms with Crippen LogP contribution in [-0.2, 0) is 61.9 Å². The summed E-state index contributed by atoms with van der Waals surface area (Å²) in [5.41, 5.74) is -0.812. The first-order valence-electron chi connectivity index (χ1n) is 27.3.